The Kier molecular flexibility index (Phi) is 4.05. The second-order valence-electron chi connectivity index (χ2n) is 3.36. The third kappa shape index (κ3) is 3.06. The molecule has 0 N–H and O–H groups in total. The summed E-state index contributed by atoms with van der Waals surface area (Å²) in [5, 5.41) is 0. The summed E-state index contributed by atoms with van der Waals surface area (Å²) in [6, 6.07) is 2.31. The molecule has 18 heavy (non-hydrogen) atoms. The molecule has 0 atom stereocenters. The van der Waals surface area contributed by atoms with Crippen LogP contribution >= 0.6 is 0 Å². The van der Waals surface area contributed by atoms with Gasteiger partial charge in [-0.25, -0.2) is 9.18 Å². The van der Waals surface area contributed by atoms with Gasteiger partial charge in [0.05, 0.1) is 12.7 Å². The van der Waals surface area contributed by atoms with E-state index in [0.29, 0.717) is 6.07 Å². The Morgan fingerprint density at radius 3 is 2.39 bits per heavy atom. The largest absolute Gasteiger partial charge is 0.463 e. The molecule has 0 aliphatic rings. The molecule has 0 fully saturated rings. The number of benzene rings is 1. The lowest BCUT2D eigenvalue weighted by Crippen LogP contribution is -2.21. The molecule has 0 aliphatic carbocycles. The number of alkyl halides is 3. The smallest absolute Gasteiger partial charge is 0.416 e. The molecule has 0 spiro atoms. The summed E-state index contributed by atoms with van der Waals surface area (Å²) in [5.74, 6) is -3.75. The fourth-order valence-electron chi connectivity index (χ4n) is 1.35. The molecule has 0 aromatic heterocycles. The van der Waals surface area contributed by atoms with Crippen molar-refractivity contribution in [2.24, 2.45) is 0 Å². The van der Waals surface area contributed by atoms with Gasteiger partial charge in [0, 0.05) is 12.0 Å². The quantitative estimate of drug-likeness (QED) is 0.477. The molecule has 0 radical (unpaired) electrons. The maximum atomic E-state index is 13.3. The summed E-state index contributed by atoms with van der Waals surface area (Å²) < 4.78 is 55.1. The number of halogens is 4. The highest BCUT2D eigenvalue weighted by Crippen LogP contribution is 2.33. The number of ketones is 1. The normalized spacial score (nSPS) is 11.2. The van der Waals surface area contributed by atoms with E-state index in [4.69, 9.17) is 0 Å². The van der Waals surface area contributed by atoms with Crippen LogP contribution in [0.3, 0.4) is 0 Å². The van der Waals surface area contributed by atoms with E-state index >= 15 is 0 Å². The first-order valence-corrected chi connectivity index (χ1v) is 4.73. The van der Waals surface area contributed by atoms with Crippen molar-refractivity contribution in [1.29, 1.82) is 0 Å². The third-order valence-electron chi connectivity index (χ3n) is 2.17. The van der Waals surface area contributed by atoms with Crippen LogP contribution in [0.5, 0.6) is 0 Å². The Bertz CT molecular complexity index is 480. The maximum Gasteiger partial charge on any atom is 0.416 e. The zero-order valence-corrected chi connectivity index (χ0v) is 9.18. The summed E-state index contributed by atoms with van der Waals surface area (Å²) in [6.45, 7) is 0. The van der Waals surface area contributed by atoms with E-state index in [1.54, 1.807) is 0 Å². The second-order valence-corrected chi connectivity index (χ2v) is 3.36. The van der Waals surface area contributed by atoms with Gasteiger partial charge in [-0.1, -0.05) is 6.07 Å². The van der Waals surface area contributed by atoms with Gasteiger partial charge in [0.25, 0.3) is 0 Å². The van der Waals surface area contributed by atoms with Crippen molar-refractivity contribution >= 4 is 11.8 Å². The van der Waals surface area contributed by atoms with E-state index in [1.165, 1.54) is 0 Å². The molecule has 3 nitrogen and oxygen atoms in total. The van der Waals surface area contributed by atoms with Crippen molar-refractivity contribution in [3.63, 3.8) is 0 Å². The minimum atomic E-state index is -4.80. The molecular formula is C11H8F4O3. The van der Waals surface area contributed by atoms with Crippen LogP contribution in [0, 0.1) is 5.82 Å². The van der Waals surface area contributed by atoms with Gasteiger partial charge in [0.2, 0.25) is 5.78 Å². The lowest BCUT2D eigenvalue weighted by atomic mass is 10.0. The first-order valence-electron chi connectivity index (χ1n) is 4.73. The Balaban J connectivity index is 3.16. The van der Waals surface area contributed by atoms with Crippen LogP contribution in [-0.4, -0.2) is 18.9 Å². The summed E-state index contributed by atoms with van der Waals surface area (Å²) >= 11 is 0. The third-order valence-corrected chi connectivity index (χ3v) is 2.17. The number of rotatable bonds is 3. The van der Waals surface area contributed by atoms with Gasteiger partial charge >= 0.3 is 12.1 Å². The zero-order valence-electron chi connectivity index (χ0n) is 9.18. The number of ether oxygens (including phenoxy) is 1. The molecule has 1 aromatic rings. The Hall–Kier alpha value is -1.92. The van der Waals surface area contributed by atoms with Crippen molar-refractivity contribution < 1.29 is 31.9 Å². The molecule has 0 amide bonds. The number of Topliss-reactive ketones (excluding diaryl/α,β-unsaturated/α-hetero) is 1. The van der Waals surface area contributed by atoms with E-state index in [9.17, 15) is 27.2 Å². The van der Waals surface area contributed by atoms with Gasteiger partial charge in [0.1, 0.15) is 5.82 Å². The minimum absolute atomic E-state index is 0.642. The van der Waals surface area contributed by atoms with E-state index in [2.05, 4.69) is 4.74 Å². The van der Waals surface area contributed by atoms with Gasteiger partial charge < -0.3 is 4.74 Å². The van der Waals surface area contributed by atoms with Crippen LogP contribution in [0.1, 0.15) is 11.1 Å². The first kappa shape index (κ1) is 14.1. The van der Waals surface area contributed by atoms with Crippen molar-refractivity contribution in [2.75, 3.05) is 7.11 Å². The number of esters is 1. The van der Waals surface area contributed by atoms with Gasteiger partial charge in [0.15, 0.2) is 0 Å². The molecule has 1 rings (SSSR count). The van der Waals surface area contributed by atoms with Crippen LogP contribution in [0.2, 0.25) is 0 Å². The number of carbonyl (C=O) groups excluding carboxylic acids is 2. The van der Waals surface area contributed by atoms with E-state index in [1.807, 2.05) is 0 Å². The lowest BCUT2D eigenvalue weighted by Gasteiger charge is -2.12. The predicted molar refractivity (Wildman–Crippen MR) is 52.1 cm³/mol. The summed E-state index contributed by atoms with van der Waals surface area (Å²) in [5.41, 5.74) is -2.14. The fourth-order valence-corrected chi connectivity index (χ4v) is 1.35. The molecular weight excluding hydrogens is 256 g/mol. The van der Waals surface area contributed by atoms with Gasteiger partial charge in [-0.3, -0.25) is 4.79 Å². The molecule has 0 saturated heterocycles. The minimum Gasteiger partial charge on any atom is -0.463 e. The first-order chi connectivity index (χ1) is 8.27. The van der Waals surface area contributed by atoms with Gasteiger partial charge in [-0.2, -0.15) is 13.2 Å². The SMILES string of the molecule is COC(=O)C(=O)Cc1c(F)cccc1C(F)(F)F. The molecule has 0 heterocycles. The monoisotopic (exact) mass is 264 g/mol. The highest BCUT2D eigenvalue weighted by atomic mass is 19.4. The summed E-state index contributed by atoms with van der Waals surface area (Å²) in [7, 11) is 0.909. The average Bonchev–Trinajstić information content (AvgIpc) is 2.29. The molecule has 0 aliphatic heterocycles. The molecule has 0 bridgehead atoms. The van der Waals surface area contributed by atoms with E-state index in [0.717, 1.165) is 19.2 Å². The highest BCUT2D eigenvalue weighted by Gasteiger charge is 2.35. The van der Waals surface area contributed by atoms with Crippen LogP contribution < -0.4 is 0 Å². The molecule has 0 saturated carbocycles. The van der Waals surface area contributed by atoms with Gasteiger partial charge in [-0.15, -0.1) is 0 Å². The van der Waals surface area contributed by atoms with Crippen LogP contribution in [0.25, 0.3) is 0 Å². The van der Waals surface area contributed by atoms with Crippen LogP contribution in [0.4, 0.5) is 17.6 Å². The fraction of sp³-hybridized carbons (Fsp3) is 0.273. The predicted octanol–water partition coefficient (Wildman–Crippen LogP) is 2.13. The molecule has 0 unspecified atom stereocenters. The molecule has 7 heteroatoms. The Labute approximate surface area is 99.4 Å². The molecule has 1 aromatic carbocycles. The van der Waals surface area contributed by atoms with E-state index in [-0.39, 0.29) is 0 Å². The Morgan fingerprint density at radius 2 is 1.89 bits per heavy atom. The lowest BCUT2D eigenvalue weighted by molar-refractivity contribution is -0.151. The highest BCUT2D eigenvalue weighted by molar-refractivity contribution is 6.34. The molecule has 98 valence electrons. The number of carbonyl (C=O) groups is 2. The second kappa shape index (κ2) is 5.16. The average molecular weight is 264 g/mol. The van der Waals surface area contributed by atoms with Gasteiger partial charge in [-0.05, 0) is 12.1 Å². The van der Waals surface area contributed by atoms with Crippen molar-refractivity contribution in [2.45, 2.75) is 12.6 Å². The summed E-state index contributed by atoms with van der Waals surface area (Å²) in [4.78, 5) is 22.0. The Morgan fingerprint density at radius 1 is 1.28 bits per heavy atom. The van der Waals surface area contributed by atoms with Crippen molar-refractivity contribution in [3.05, 3.63) is 35.1 Å². The summed E-state index contributed by atoms with van der Waals surface area (Å²) in [6.07, 6.45) is -5.79. The topological polar surface area (TPSA) is 43.4 Å². The van der Waals surface area contributed by atoms with Crippen molar-refractivity contribution in [3.8, 4) is 0 Å². The number of methoxy groups -OCH3 is 1. The maximum absolute atomic E-state index is 13.3. The van der Waals surface area contributed by atoms with Crippen LogP contribution in [-0.2, 0) is 26.9 Å². The standard InChI is InChI=1S/C11H8F4O3/c1-18-10(17)9(16)5-6-7(11(13,14)15)3-2-4-8(6)12/h2-4H,5H2,1H3. The van der Waals surface area contributed by atoms with Crippen molar-refractivity contribution in [1.82, 2.24) is 0 Å². The van der Waals surface area contributed by atoms with E-state index < -0.39 is 41.3 Å². The zero-order chi connectivity index (χ0) is 13.9. The number of hydrogen-bond acceptors (Lipinski definition) is 3. The van der Waals surface area contributed by atoms with Crippen LogP contribution in [0.15, 0.2) is 18.2 Å². The number of hydrogen-bond donors (Lipinski definition) is 0.